The summed E-state index contributed by atoms with van der Waals surface area (Å²) >= 11 is 0. The molecule has 0 bridgehead atoms. The number of hydrogen-bond donors (Lipinski definition) is 2. The summed E-state index contributed by atoms with van der Waals surface area (Å²) in [5.41, 5.74) is 1.29. The molecule has 0 aliphatic heterocycles. The Kier molecular flexibility index (Phi) is 3.55. The van der Waals surface area contributed by atoms with Crippen LogP contribution in [0.15, 0.2) is 24.5 Å². The number of halogens is 1. The summed E-state index contributed by atoms with van der Waals surface area (Å²) in [5, 5.41) is 9.37. The first-order valence-electron chi connectivity index (χ1n) is 6.84. The Morgan fingerprint density at radius 3 is 3.00 bits per heavy atom. The fourth-order valence-corrected chi connectivity index (χ4v) is 1.99. The highest BCUT2D eigenvalue weighted by Gasteiger charge is 2.22. The van der Waals surface area contributed by atoms with Crippen LogP contribution >= 0.6 is 0 Å². The molecule has 0 atom stereocenters. The first-order chi connectivity index (χ1) is 10.1. The van der Waals surface area contributed by atoms with E-state index in [1.807, 2.05) is 4.68 Å². The average Bonchev–Trinajstić information content (AvgIpc) is 3.13. The van der Waals surface area contributed by atoms with E-state index in [2.05, 4.69) is 20.7 Å². The number of nitrogens with zero attached hydrogens (tertiary/aromatic N) is 3. The molecule has 0 spiro atoms. The highest BCUT2D eigenvalue weighted by atomic mass is 19.1. The van der Waals surface area contributed by atoms with Gasteiger partial charge in [-0.3, -0.25) is 10.00 Å². The number of carbonyl (C=O) groups excluding carboxylic acids is 1. The monoisotopic (exact) mass is 289 g/mol. The van der Waals surface area contributed by atoms with Gasteiger partial charge in [-0.05, 0) is 37.3 Å². The van der Waals surface area contributed by atoms with Crippen molar-refractivity contribution in [2.45, 2.75) is 26.3 Å². The van der Waals surface area contributed by atoms with E-state index in [0.717, 1.165) is 6.54 Å². The Hall–Kier alpha value is -2.44. The zero-order valence-corrected chi connectivity index (χ0v) is 11.6. The molecule has 110 valence electrons. The summed E-state index contributed by atoms with van der Waals surface area (Å²) in [4.78, 5) is 15.5. The van der Waals surface area contributed by atoms with E-state index < -0.39 is 12.0 Å². The van der Waals surface area contributed by atoms with Gasteiger partial charge in [-0.25, -0.2) is 9.78 Å². The fraction of sp³-hybridized carbons (Fsp3) is 0.357. The van der Waals surface area contributed by atoms with E-state index in [9.17, 15) is 9.18 Å². The van der Waals surface area contributed by atoms with Crippen LogP contribution in [0.5, 0.6) is 0 Å². The van der Waals surface area contributed by atoms with E-state index in [1.54, 1.807) is 25.4 Å². The lowest BCUT2D eigenvalue weighted by Crippen LogP contribution is -2.20. The molecule has 2 amide bonds. The summed E-state index contributed by atoms with van der Waals surface area (Å²) < 4.78 is 14.9. The molecule has 2 N–H and O–H groups in total. The maximum atomic E-state index is 13.1. The molecule has 1 saturated carbocycles. The van der Waals surface area contributed by atoms with Crippen molar-refractivity contribution < 1.29 is 9.18 Å². The summed E-state index contributed by atoms with van der Waals surface area (Å²) in [7, 11) is 0. The van der Waals surface area contributed by atoms with Gasteiger partial charge in [0.2, 0.25) is 5.95 Å². The summed E-state index contributed by atoms with van der Waals surface area (Å²) in [6, 6.07) is 2.34. The van der Waals surface area contributed by atoms with Crippen LogP contribution in [-0.4, -0.2) is 20.8 Å². The molecule has 21 heavy (non-hydrogen) atoms. The standard InChI is InChI=1S/C14H16FN5O/c1-9-2-5-12(15)18-13(9)19-14(21)17-11-6-16-20(8-11)7-10-3-4-10/h2,5-6,8,10H,3-4,7H2,1H3,(H2,17,18,19,21). The van der Waals surface area contributed by atoms with Crippen molar-refractivity contribution >= 4 is 17.5 Å². The second-order valence-corrected chi connectivity index (χ2v) is 5.27. The third kappa shape index (κ3) is 3.56. The van der Waals surface area contributed by atoms with Gasteiger partial charge in [0.05, 0.1) is 11.9 Å². The molecular formula is C14H16FN5O. The molecule has 2 aromatic rings. The predicted octanol–water partition coefficient (Wildman–Crippen LogP) is 2.78. The quantitative estimate of drug-likeness (QED) is 0.850. The van der Waals surface area contributed by atoms with Gasteiger partial charge in [-0.1, -0.05) is 6.07 Å². The number of urea groups is 1. The normalized spacial score (nSPS) is 14.0. The van der Waals surface area contributed by atoms with Crippen molar-refractivity contribution in [3.8, 4) is 0 Å². The van der Waals surface area contributed by atoms with Gasteiger partial charge in [-0.15, -0.1) is 0 Å². The largest absolute Gasteiger partial charge is 0.324 e. The molecule has 3 rings (SSSR count). The van der Waals surface area contributed by atoms with Gasteiger partial charge in [0, 0.05) is 12.7 Å². The summed E-state index contributed by atoms with van der Waals surface area (Å²) in [6.07, 6.45) is 5.86. The summed E-state index contributed by atoms with van der Waals surface area (Å²) in [5.74, 6) is 0.289. The van der Waals surface area contributed by atoms with E-state index in [4.69, 9.17) is 0 Å². The number of amides is 2. The number of hydrogen-bond acceptors (Lipinski definition) is 3. The Balaban J connectivity index is 1.60. The van der Waals surface area contributed by atoms with E-state index >= 15 is 0 Å². The zero-order chi connectivity index (χ0) is 14.8. The number of nitrogens with one attached hydrogen (secondary N) is 2. The van der Waals surface area contributed by atoms with Crippen molar-refractivity contribution in [2.24, 2.45) is 5.92 Å². The summed E-state index contributed by atoms with van der Waals surface area (Å²) in [6.45, 7) is 2.63. The molecule has 2 heterocycles. The minimum atomic E-state index is -0.631. The van der Waals surface area contributed by atoms with E-state index in [0.29, 0.717) is 17.2 Å². The number of anilines is 2. The Labute approximate surface area is 121 Å². The van der Waals surface area contributed by atoms with Crippen LogP contribution in [0.2, 0.25) is 0 Å². The minimum Gasteiger partial charge on any atom is -0.305 e. The Morgan fingerprint density at radius 2 is 2.24 bits per heavy atom. The van der Waals surface area contributed by atoms with Gasteiger partial charge >= 0.3 is 6.03 Å². The van der Waals surface area contributed by atoms with Gasteiger partial charge in [-0.2, -0.15) is 9.49 Å². The maximum absolute atomic E-state index is 13.1. The topological polar surface area (TPSA) is 71.8 Å². The third-order valence-corrected chi connectivity index (χ3v) is 3.33. The van der Waals surface area contributed by atoms with E-state index in [-0.39, 0.29) is 5.82 Å². The molecule has 0 radical (unpaired) electrons. The van der Waals surface area contributed by atoms with E-state index in [1.165, 1.54) is 18.9 Å². The molecule has 6 nitrogen and oxygen atoms in total. The molecule has 7 heteroatoms. The molecule has 1 aliphatic rings. The number of aromatic nitrogens is 3. The van der Waals surface area contributed by atoms with Crippen LogP contribution in [0.3, 0.4) is 0 Å². The average molecular weight is 289 g/mol. The van der Waals surface area contributed by atoms with Crippen molar-refractivity contribution in [1.29, 1.82) is 0 Å². The lowest BCUT2D eigenvalue weighted by Gasteiger charge is -2.07. The maximum Gasteiger partial charge on any atom is 0.324 e. The van der Waals surface area contributed by atoms with Crippen molar-refractivity contribution in [3.63, 3.8) is 0 Å². The highest BCUT2D eigenvalue weighted by molar-refractivity contribution is 5.99. The van der Waals surface area contributed by atoms with Crippen LogP contribution in [0.1, 0.15) is 18.4 Å². The highest BCUT2D eigenvalue weighted by Crippen LogP contribution is 2.30. The van der Waals surface area contributed by atoms with Crippen molar-refractivity contribution in [1.82, 2.24) is 14.8 Å². The minimum absolute atomic E-state index is 0.206. The first-order valence-corrected chi connectivity index (χ1v) is 6.84. The molecule has 1 aliphatic carbocycles. The van der Waals surface area contributed by atoms with Crippen LogP contribution in [-0.2, 0) is 6.54 Å². The number of carbonyl (C=O) groups is 1. The van der Waals surface area contributed by atoms with Crippen LogP contribution in [0.4, 0.5) is 20.7 Å². The van der Waals surface area contributed by atoms with Gasteiger partial charge in [0.25, 0.3) is 0 Å². The van der Waals surface area contributed by atoms with Crippen molar-refractivity contribution in [3.05, 3.63) is 36.0 Å². The van der Waals surface area contributed by atoms with Crippen LogP contribution < -0.4 is 10.6 Å². The third-order valence-electron chi connectivity index (χ3n) is 3.33. The molecular weight excluding hydrogens is 273 g/mol. The zero-order valence-electron chi connectivity index (χ0n) is 11.6. The Bertz CT molecular complexity index is 665. The second-order valence-electron chi connectivity index (χ2n) is 5.27. The molecule has 0 aromatic carbocycles. The number of rotatable bonds is 4. The Morgan fingerprint density at radius 1 is 1.43 bits per heavy atom. The molecule has 1 fully saturated rings. The lowest BCUT2D eigenvalue weighted by molar-refractivity contribution is 0.262. The van der Waals surface area contributed by atoms with Gasteiger partial charge in [0.15, 0.2) is 0 Å². The second kappa shape index (κ2) is 5.51. The van der Waals surface area contributed by atoms with Crippen molar-refractivity contribution in [2.75, 3.05) is 10.6 Å². The number of pyridine rings is 1. The first kappa shape index (κ1) is 13.5. The van der Waals surface area contributed by atoms with Gasteiger partial charge < -0.3 is 5.32 Å². The SMILES string of the molecule is Cc1ccc(F)nc1NC(=O)Nc1cnn(CC2CC2)c1. The van der Waals surface area contributed by atoms with Crippen LogP contribution in [0, 0.1) is 18.8 Å². The predicted molar refractivity (Wildman–Crippen MR) is 76.5 cm³/mol. The fourth-order valence-electron chi connectivity index (χ4n) is 1.99. The van der Waals surface area contributed by atoms with Crippen LogP contribution in [0.25, 0.3) is 0 Å². The smallest absolute Gasteiger partial charge is 0.305 e. The lowest BCUT2D eigenvalue weighted by atomic mass is 10.3. The molecule has 2 aromatic heterocycles. The molecule has 0 saturated heterocycles. The number of aryl methyl sites for hydroxylation is 1. The van der Waals surface area contributed by atoms with Gasteiger partial charge in [0.1, 0.15) is 5.82 Å². The molecule has 0 unspecified atom stereocenters.